The fraction of sp³-hybridized carbons (Fsp3) is 0.243. The number of imidazole rings is 2. The van der Waals surface area contributed by atoms with E-state index in [1.54, 1.807) is 0 Å². The fourth-order valence-corrected chi connectivity index (χ4v) is 11.6. The van der Waals surface area contributed by atoms with Gasteiger partial charge in [-0.2, -0.15) is 0 Å². The van der Waals surface area contributed by atoms with E-state index in [1.165, 1.54) is 96.8 Å². The van der Waals surface area contributed by atoms with E-state index in [4.69, 9.17) is 9.97 Å². The number of para-hydroxylation sites is 2. The van der Waals surface area contributed by atoms with E-state index in [2.05, 4.69) is 265 Å². The van der Waals surface area contributed by atoms with Gasteiger partial charge in [-0.1, -0.05) is 212 Å². The number of aryl methyl sites for hydroxylation is 3. The largest absolute Gasteiger partial charge is 0.321 e. The van der Waals surface area contributed by atoms with Crippen molar-refractivity contribution in [1.29, 1.82) is 0 Å². The maximum absolute atomic E-state index is 5.52. The molecule has 0 amide bonds. The number of fused-ring (bicyclic) bond motifs is 4. The first kappa shape index (κ1) is 53.5. The molecule has 0 aliphatic heterocycles. The summed E-state index contributed by atoms with van der Waals surface area (Å²) in [6.07, 6.45) is 23.9. The van der Waals surface area contributed by atoms with Gasteiger partial charge in [0.15, 0.2) is 11.6 Å². The molecule has 9 aromatic carbocycles. The summed E-state index contributed by atoms with van der Waals surface area (Å²) in [4.78, 5) is 15.8. The molecule has 0 saturated heterocycles. The zero-order valence-electron chi connectivity index (χ0n) is 47.4. The van der Waals surface area contributed by atoms with Crippen molar-refractivity contribution in [2.24, 2.45) is 0 Å². The summed E-state index contributed by atoms with van der Waals surface area (Å²) in [5.41, 5.74) is 15.4. The lowest BCUT2D eigenvalue weighted by Crippen LogP contribution is -2.15. The Balaban J connectivity index is 1.08. The van der Waals surface area contributed by atoms with Crippen LogP contribution in [0.3, 0.4) is 0 Å². The van der Waals surface area contributed by atoms with Gasteiger partial charge in [-0.3, -0.25) is 0 Å². The van der Waals surface area contributed by atoms with Crippen LogP contribution in [-0.2, 0) is 13.1 Å². The van der Waals surface area contributed by atoms with Crippen LogP contribution in [0.5, 0.6) is 0 Å². The molecule has 0 spiro atoms. The van der Waals surface area contributed by atoms with Gasteiger partial charge in [-0.15, -0.1) is 0 Å². The van der Waals surface area contributed by atoms with Gasteiger partial charge in [0.1, 0.15) is 0 Å². The summed E-state index contributed by atoms with van der Waals surface area (Å²) < 4.78 is 4.96. The molecule has 0 atom stereocenters. The number of benzene rings is 9. The highest BCUT2D eigenvalue weighted by Crippen LogP contribution is 2.46. The lowest BCUT2D eigenvalue weighted by Gasteiger charge is -2.32. The van der Waals surface area contributed by atoms with Crippen LogP contribution < -0.4 is 9.80 Å². The lowest BCUT2D eigenvalue weighted by atomic mass is 9.99. The molecular formula is C74H76N6. The number of rotatable bonds is 24. The lowest BCUT2D eigenvalue weighted by molar-refractivity contribution is 0.556. The van der Waals surface area contributed by atoms with Gasteiger partial charge in [0.2, 0.25) is 0 Å². The van der Waals surface area contributed by atoms with Crippen molar-refractivity contribution in [3.05, 3.63) is 222 Å². The minimum atomic E-state index is 0.881. The minimum Gasteiger partial charge on any atom is -0.321 e. The van der Waals surface area contributed by atoms with Crippen LogP contribution in [0, 0.1) is 6.92 Å². The van der Waals surface area contributed by atoms with Crippen molar-refractivity contribution in [2.45, 2.75) is 118 Å². The maximum atomic E-state index is 5.52. The molecule has 2 aromatic heterocycles. The summed E-state index contributed by atoms with van der Waals surface area (Å²) in [6, 6.07) is 70.9. The Morgan fingerprint density at radius 2 is 0.875 bits per heavy atom. The molecule has 0 unspecified atom stereocenters. The predicted octanol–water partition coefficient (Wildman–Crippen LogP) is 21.5. The molecule has 0 fully saturated rings. The molecule has 11 aromatic rings. The van der Waals surface area contributed by atoms with E-state index in [-0.39, 0.29) is 0 Å². The highest BCUT2D eigenvalue weighted by molar-refractivity contribution is 5.97. The third-order valence-electron chi connectivity index (χ3n) is 15.8. The first-order valence-electron chi connectivity index (χ1n) is 29.6. The maximum Gasteiger partial charge on any atom is 0.177 e. The first-order valence-corrected chi connectivity index (χ1v) is 29.6. The number of allylic oxidation sites excluding steroid dienone is 1. The average molecular weight is 1050 g/mol. The van der Waals surface area contributed by atoms with E-state index in [0.717, 1.165) is 105 Å². The molecule has 6 nitrogen and oxygen atoms in total. The van der Waals surface area contributed by atoms with Gasteiger partial charge >= 0.3 is 0 Å². The van der Waals surface area contributed by atoms with E-state index in [1.807, 2.05) is 0 Å². The molecule has 0 aliphatic rings. The Kier molecular flexibility index (Phi) is 17.1. The van der Waals surface area contributed by atoms with Crippen LogP contribution in [0.25, 0.3) is 73.5 Å². The van der Waals surface area contributed by atoms with Gasteiger partial charge in [0, 0.05) is 47.0 Å². The second kappa shape index (κ2) is 25.5. The summed E-state index contributed by atoms with van der Waals surface area (Å²) in [5, 5.41) is 4.81. The van der Waals surface area contributed by atoms with E-state index >= 15 is 0 Å². The molecular weight excluding hydrogens is 973 g/mol. The molecule has 0 radical (unpaired) electrons. The van der Waals surface area contributed by atoms with E-state index in [0.29, 0.717) is 0 Å². The summed E-state index contributed by atoms with van der Waals surface area (Å²) in [7, 11) is 0. The van der Waals surface area contributed by atoms with Gasteiger partial charge in [0.05, 0.1) is 33.4 Å². The summed E-state index contributed by atoms with van der Waals surface area (Å²) in [5.74, 6) is 1.94. The van der Waals surface area contributed by atoms with Crippen LogP contribution in [0.2, 0.25) is 0 Å². The van der Waals surface area contributed by atoms with E-state index < -0.39 is 0 Å². The van der Waals surface area contributed by atoms with Crippen molar-refractivity contribution >= 4 is 96.0 Å². The number of aromatic nitrogens is 4. The second-order valence-electron chi connectivity index (χ2n) is 21.7. The van der Waals surface area contributed by atoms with Crippen LogP contribution in [-0.4, -0.2) is 19.1 Å². The molecule has 0 saturated carbocycles. The normalized spacial score (nSPS) is 11.8. The number of hydrogen-bond acceptors (Lipinski definition) is 4. The fourth-order valence-electron chi connectivity index (χ4n) is 11.6. The minimum absolute atomic E-state index is 0.881. The molecule has 80 heavy (non-hydrogen) atoms. The zero-order chi connectivity index (χ0) is 54.6. The standard InChI is InChI=1S/C74H76N6/c1-5-8-10-12-14-26-47-77-69-46-37-55(4)49-68(69)76-74(77)73-75-67-45-39-56(50-72(67)78(73)48-27-15-13-11-9-6-2)38-40-62-54-70(79(63-33-18-16-19-34-63)65-43-41-57-29-22-24-31-59(57)51-65)61(28-7-3)53-71(62)80(64-35-20-17-21-36-64)66-44-42-58-30-23-25-32-60(58)52-66/h7,16-25,28-46,49-54H,5-6,8-15,26-27,47-48H2,1-4H3/b28-7+,40-38+. The van der Waals surface area contributed by atoms with Gasteiger partial charge < -0.3 is 18.9 Å². The smallest absolute Gasteiger partial charge is 0.177 e. The molecule has 0 aliphatic carbocycles. The van der Waals surface area contributed by atoms with Crippen molar-refractivity contribution in [2.75, 3.05) is 9.80 Å². The quantitative estimate of drug-likeness (QED) is 0.0447. The highest BCUT2D eigenvalue weighted by atomic mass is 15.2. The van der Waals surface area contributed by atoms with Crippen molar-refractivity contribution < 1.29 is 0 Å². The number of unbranched alkanes of at least 4 members (excludes halogenated alkanes) is 10. The Labute approximate surface area is 474 Å². The Morgan fingerprint density at radius 3 is 1.43 bits per heavy atom. The van der Waals surface area contributed by atoms with Crippen molar-refractivity contribution in [3.8, 4) is 11.6 Å². The number of anilines is 6. The van der Waals surface area contributed by atoms with Crippen LogP contribution in [0.1, 0.15) is 120 Å². The molecule has 6 heteroatoms. The number of nitrogens with zero attached hydrogens (tertiary/aromatic N) is 6. The Morgan fingerprint density at radius 1 is 0.388 bits per heavy atom. The van der Waals surface area contributed by atoms with Crippen molar-refractivity contribution in [1.82, 2.24) is 19.1 Å². The molecule has 0 N–H and O–H groups in total. The predicted molar refractivity (Wildman–Crippen MR) is 344 cm³/mol. The van der Waals surface area contributed by atoms with Crippen LogP contribution >= 0.6 is 0 Å². The highest BCUT2D eigenvalue weighted by Gasteiger charge is 2.24. The monoisotopic (exact) mass is 1050 g/mol. The molecule has 11 rings (SSSR count). The molecule has 0 bridgehead atoms. The number of hydrogen-bond donors (Lipinski definition) is 0. The van der Waals surface area contributed by atoms with Crippen LogP contribution in [0.4, 0.5) is 34.1 Å². The average Bonchev–Trinajstić information content (AvgIpc) is 4.23. The Hall–Kier alpha value is -8.48. The van der Waals surface area contributed by atoms with Crippen LogP contribution in [0.15, 0.2) is 200 Å². The summed E-state index contributed by atoms with van der Waals surface area (Å²) >= 11 is 0. The Bertz CT molecular complexity index is 3920. The SMILES string of the molecule is C/C=C/c1cc(N(c2ccccc2)c2ccc3ccccc3c2)c(/C=C/c2ccc3nc(-c4nc5cc(C)ccc5n4CCCCCCCC)n(CCCCCCCC)c3c2)cc1N(c1ccccc1)c1ccc2ccccc2c1. The van der Waals surface area contributed by atoms with E-state index in [9.17, 15) is 0 Å². The first-order chi connectivity index (χ1) is 39.5. The second-order valence-corrected chi connectivity index (χ2v) is 21.7. The van der Waals surface area contributed by atoms with Gasteiger partial charge in [-0.05, 0) is 144 Å². The third kappa shape index (κ3) is 11.9. The summed E-state index contributed by atoms with van der Waals surface area (Å²) in [6.45, 7) is 10.7. The van der Waals surface area contributed by atoms with Gasteiger partial charge in [0.25, 0.3) is 0 Å². The molecule has 402 valence electrons. The topological polar surface area (TPSA) is 42.1 Å². The zero-order valence-corrected chi connectivity index (χ0v) is 47.4. The molecule has 2 heterocycles. The third-order valence-corrected chi connectivity index (χ3v) is 15.8. The van der Waals surface area contributed by atoms with Crippen molar-refractivity contribution in [3.63, 3.8) is 0 Å². The van der Waals surface area contributed by atoms with Gasteiger partial charge in [-0.25, -0.2) is 9.97 Å².